The van der Waals surface area contributed by atoms with Crippen molar-refractivity contribution in [1.29, 1.82) is 0 Å². The van der Waals surface area contributed by atoms with Crippen molar-refractivity contribution >= 4 is 25.1 Å². The molecule has 0 aliphatic heterocycles. The average molecular weight is 457 g/mol. The number of rotatable bonds is 3. The van der Waals surface area contributed by atoms with E-state index in [9.17, 15) is 18.7 Å². The first kappa shape index (κ1) is 23.2. The second kappa shape index (κ2) is 9.78. The summed E-state index contributed by atoms with van der Waals surface area (Å²) in [7, 11) is -3.13. The molecule has 0 atom stereocenters. The van der Waals surface area contributed by atoms with Gasteiger partial charge in [0.25, 0.3) is 0 Å². The van der Waals surface area contributed by atoms with Crippen molar-refractivity contribution < 1.29 is 33.0 Å². The van der Waals surface area contributed by atoms with Crippen LogP contribution < -0.4 is 0 Å². The molecule has 3 aromatic carbocycles. The second-order valence-corrected chi connectivity index (χ2v) is 7.33. The molecule has 3 N–H and O–H groups in total. The zero-order valence-electron chi connectivity index (χ0n) is 16.7. The molecule has 0 saturated heterocycles. The Hall–Kier alpha value is -3.45. The van der Waals surface area contributed by atoms with Crippen LogP contribution in [-0.4, -0.2) is 25.8 Å². The van der Waals surface area contributed by atoms with Crippen LogP contribution in [0, 0.1) is 18.6 Å². The lowest BCUT2D eigenvalue weighted by Crippen LogP contribution is -2.05. The van der Waals surface area contributed by atoms with Gasteiger partial charge in [0, 0.05) is 16.5 Å². The highest BCUT2D eigenvalue weighted by atomic mass is 31.1. The van der Waals surface area contributed by atoms with E-state index in [2.05, 4.69) is 4.98 Å². The number of halogens is 2. The Balaban J connectivity index is 0.000000668. The summed E-state index contributed by atoms with van der Waals surface area (Å²) in [6, 6.07) is 17.5. The van der Waals surface area contributed by atoms with Gasteiger partial charge < -0.3 is 14.9 Å². The summed E-state index contributed by atoms with van der Waals surface area (Å²) in [4.78, 5) is 30.7. The van der Waals surface area contributed by atoms with Crippen LogP contribution in [0.3, 0.4) is 0 Å². The molecule has 0 fully saturated rings. The summed E-state index contributed by atoms with van der Waals surface area (Å²) in [5, 5.41) is 9.92. The van der Waals surface area contributed by atoms with Crippen molar-refractivity contribution in [1.82, 2.24) is 4.98 Å². The zero-order chi connectivity index (χ0) is 23.4. The van der Waals surface area contributed by atoms with Gasteiger partial charge in [0.1, 0.15) is 11.6 Å². The second-order valence-electron chi connectivity index (χ2n) is 6.77. The summed E-state index contributed by atoms with van der Waals surface area (Å²) in [5.41, 5.74) is 3.27. The maximum atomic E-state index is 14.0. The highest BCUT2D eigenvalue weighted by molar-refractivity contribution is 7.30. The van der Waals surface area contributed by atoms with Gasteiger partial charge in [-0.2, -0.15) is 0 Å². The molecule has 9 heteroatoms. The molecule has 1 heterocycles. The van der Waals surface area contributed by atoms with Crippen molar-refractivity contribution in [3.63, 3.8) is 0 Å². The van der Waals surface area contributed by atoms with Gasteiger partial charge >= 0.3 is 14.2 Å². The number of hydrogen-bond donors (Lipinski definition) is 3. The number of carboxylic acids is 1. The first-order chi connectivity index (χ1) is 15.2. The van der Waals surface area contributed by atoms with E-state index in [0.717, 1.165) is 0 Å². The van der Waals surface area contributed by atoms with Crippen molar-refractivity contribution in [2.45, 2.75) is 6.92 Å². The number of aromatic nitrogens is 1. The minimum atomic E-state index is -3.13. The molecular formula is C23H18F2NO5P. The van der Waals surface area contributed by atoms with E-state index in [1.165, 1.54) is 24.3 Å². The van der Waals surface area contributed by atoms with E-state index < -0.39 is 20.0 Å². The fraction of sp³-hybridized carbons (Fsp3) is 0.0435. The quantitative estimate of drug-likeness (QED) is 0.365. The Kier molecular flexibility index (Phi) is 7.10. The highest BCUT2D eigenvalue weighted by Gasteiger charge is 2.19. The van der Waals surface area contributed by atoms with E-state index in [-0.39, 0.29) is 16.8 Å². The van der Waals surface area contributed by atoms with Crippen molar-refractivity contribution in [2.24, 2.45) is 0 Å². The number of benzene rings is 3. The van der Waals surface area contributed by atoms with Gasteiger partial charge in [-0.05, 0) is 42.3 Å². The summed E-state index contributed by atoms with van der Waals surface area (Å²) >= 11 is 0. The predicted octanol–water partition coefficient (Wildman–Crippen LogP) is 5.21. The normalized spacial score (nSPS) is 10.7. The molecule has 0 aliphatic carbocycles. The van der Waals surface area contributed by atoms with Gasteiger partial charge in [-0.1, -0.05) is 42.5 Å². The Labute approximate surface area is 182 Å². The maximum Gasteiger partial charge on any atom is 0.336 e. The van der Waals surface area contributed by atoms with E-state index in [0.29, 0.717) is 33.5 Å². The molecule has 0 aliphatic rings. The monoisotopic (exact) mass is 457 g/mol. The average Bonchev–Trinajstić information content (AvgIpc) is 2.73. The van der Waals surface area contributed by atoms with Crippen LogP contribution in [-0.2, 0) is 4.57 Å². The molecule has 6 nitrogen and oxygen atoms in total. The van der Waals surface area contributed by atoms with Crippen LogP contribution in [0.5, 0.6) is 0 Å². The lowest BCUT2D eigenvalue weighted by Gasteiger charge is -2.13. The minimum Gasteiger partial charge on any atom is -0.478 e. The lowest BCUT2D eigenvalue weighted by atomic mass is 9.96. The van der Waals surface area contributed by atoms with E-state index >= 15 is 0 Å². The van der Waals surface area contributed by atoms with Gasteiger partial charge in [-0.3, -0.25) is 4.57 Å². The third kappa shape index (κ3) is 5.06. The van der Waals surface area contributed by atoms with E-state index in [1.807, 2.05) is 0 Å². The summed E-state index contributed by atoms with van der Waals surface area (Å²) in [5.74, 6) is -1.97. The fourth-order valence-electron chi connectivity index (χ4n) is 3.39. The van der Waals surface area contributed by atoms with Crippen molar-refractivity contribution in [3.05, 3.63) is 89.5 Å². The number of hydrogen-bond acceptors (Lipinski definition) is 3. The minimum absolute atomic E-state index is 0.0256. The largest absolute Gasteiger partial charge is 0.478 e. The number of pyridine rings is 1. The van der Waals surface area contributed by atoms with Gasteiger partial charge in [-0.25, -0.2) is 18.6 Å². The zero-order valence-corrected chi connectivity index (χ0v) is 17.7. The molecule has 0 spiro atoms. The molecule has 4 rings (SSSR count). The third-order valence-electron chi connectivity index (χ3n) is 4.75. The molecule has 0 radical (unpaired) electrons. The molecule has 0 amide bonds. The van der Waals surface area contributed by atoms with Crippen LogP contribution in [0.25, 0.3) is 33.3 Å². The Bertz CT molecular complexity index is 1320. The highest BCUT2D eigenvalue weighted by Crippen LogP contribution is 2.32. The topological polar surface area (TPSA) is 108 Å². The standard InChI is InChI=1S/C23H15F2NO2.H3O3P/c1-13-21(23(27)28)18-12-16(24)10-11-20(18)26-22(13)15-8-6-14(7-9-15)17-4-2-3-5-19(17)25;1-4(2)3/h2-12H,1H3,(H,27,28);4H,(H2,1,2,3). The number of aromatic carboxylic acids is 1. The van der Waals surface area contributed by atoms with Crippen LogP contribution in [0.15, 0.2) is 66.7 Å². The molecule has 0 unspecified atom stereocenters. The van der Waals surface area contributed by atoms with Gasteiger partial charge in [0.15, 0.2) is 0 Å². The molecule has 0 saturated carbocycles. The van der Waals surface area contributed by atoms with Gasteiger partial charge in [0.2, 0.25) is 0 Å². The first-order valence-corrected chi connectivity index (χ1v) is 10.6. The molecule has 4 aromatic rings. The summed E-state index contributed by atoms with van der Waals surface area (Å²) < 4.78 is 36.4. The molecule has 1 aromatic heterocycles. The SMILES string of the molecule is Cc1c(-c2ccc(-c3ccccc3F)cc2)nc2ccc(F)cc2c1C(=O)O.O=[PH](O)O. The number of carboxylic acid groups (broad SMARTS) is 1. The van der Waals surface area contributed by atoms with Crippen LogP contribution in [0.1, 0.15) is 15.9 Å². The maximum absolute atomic E-state index is 14.0. The van der Waals surface area contributed by atoms with Crippen LogP contribution in [0.2, 0.25) is 0 Å². The van der Waals surface area contributed by atoms with Crippen molar-refractivity contribution in [3.8, 4) is 22.4 Å². The number of carbonyl (C=O) groups is 1. The smallest absolute Gasteiger partial charge is 0.336 e. The van der Waals surface area contributed by atoms with Crippen LogP contribution in [0.4, 0.5) is 8.78 Å². The Morgan fingerprint density at radius 2 is 1.53 bits per heavy atom. The first-order valence-electron chi connectivity index (χ1n) is 9.29. The Morgan fingerprint density at radius 3 is 2.12 bits per heavy atom. The van der Waals surface area contributed by atoms with Crippen LogP contribution >= 0.6 is 8.25 Å². The third-order valence-corrected chi connectivity index (χ3v) is 4.75. The van der Waals surface area contributed by atoms with Gasteiger partial charge in [0.05, 0.1) is 16.8 Å². The lowest BCUT2D eigenvalue weighted by molar-refractivity contribution is 0.0698. The molecule has 32 heavy (non-hydrogen) atoms. The molecule has 164 valence electrons. The number of fused-ring (bicyclic) bond motifs is 1. The Morgan fingerprint density at radius 1 is 0.938 bits per heavy atom. The summed E-state index contributed by atoms with van der Waals surface area (Å²) in [6.07, 6.45) is 0. The molecular weight excluding hydrogens is 439 g/mol. The molecule has 0 bridgehead atoms. The van der Waals surface area contributed by atoms with E-state index in [1.54, 1.807) is 49.4 Å². The summed E-state index contributed by atoms with van der Waals surface area (Å²) in [6.45, 7) is 1.65. The fourth-order valence-corrected chi connectivity index (χ4v) is 3.39. The van der Waals surface area contributed by atoms with Gasteiger partial charge in [-0.15, -0.1) is 0 Å². The predicted molar refractivity (Wildman–Crippen MR) is 118 cm³/mol. The number of nitrogens with zero attached hydrogens (tertiary/aromatic N) is 1. The van der Waals surface area contributed by atoms with Crippen molar-refractivity contribution in [2.75, 3.05) is 0 Å². The van der Waals surface area contributed by atoms with E-state index in [4.69, 9.17) is 14.4 Å².